The van der Waals surface area contributed by atoms with E-state index in [-0.39, 0.29) is 0 Å². The van der Waals surface area contributed by atoms with Gasteiger partial charge in [-0.15, -0.1) is 0 Å². The molecule has 0 aliphatic carbocycles. The number of halogens is 1. The smallest absolute Gasteiger partial charge is 0.138 e. The van der Waals surface area contributed by atoms with E-state index in [4.69, 9.17) is 4.74 Å². The van der Waals surface area contributed by atoms with Gasteiger partial charge in [0.05, 0.1) is 10.6 Å². The van der Waals surface area contributed by atoms with Gasteiger partial charge in [-0.2, -0.15) is 0 Å². The highest BCUT2D eigenvalue weighted by atomic mass is 79.9. The lowest BCUT2D eigenvalue weighted by Crippen LogP contribution is -2.17. The average Bonchev–Trinajstić information content (AvgIpc) is 2.35. The second kappa shape index (κ2) is 7.72. The SMILES string of the molecule is CCNCc1cccc(Br)c1OC(CC)CC. The molecule has 0 unspecified atom stereocenters. The summed E-state index contributed by atoms with van der Waals surface area (Å²) in [5.74, 6) is 0.988. The summed E-state index contributed by atoms with van der Waals surface area (Å²) in [6.45, 7) is 8.26. The van der Waals surface area contributed by atoms with Crippen molar-refractivity contribution in [2.45, 2.75) is 46.3 Å². The quantitative estimate of drug-likeness (QED) is 0.817. The van der Waals surface area contributed by atoms with Crippen LogP contribution in [0.1, 0.15) is 39.2 Å². The summed E-state index contributed by atoms with van der Waals surface area (Å²) in [5.41, 5.74) is 1.22. The van der Waals surface area contributed by atoms with E-state index in [0.717, 1.165) is 36.2 Å². The lowest BCUT2D eigenvalue weighted by molar-refractivity contribution is 0.189. The molecular weight excluding hydrogens is 278 g/mol. The minimum atomic E-state index is 0.300. The highest BCUT2D eigenvalue weighted by Crippen LogP contribution is 2.30. The fraction of sp³-hybridized carbons (Fsp3) is 0.571. The molecule has 0 fully saturated rings. The molecule has 0 saturated carbocycles. The number of hydrogen-bond acceptors (Lipinski definition) is 2. The van der Waals surface area contributed by atoms with Gasteiger partial charge in [-0.1, -0.05) is 32.9 Å². The first-order valence-electron chi connectivity index (χ1n) is 6.37. The molecule has 2 nitrogen and oxygen atoms in total. The monoisotopic (exact) mass is 299 g/mol. The fourth-order valence-electron chi connectivity index (χ4n) is 1.71. The third-order valence-electron chi connectivity index (χ3n) is 2.81. The van der Waals surface area contributed by atoms with E-state index in [1.807, 2.05) is 6.07 Å². The van der Waals surface area contributed by atoms with Gasteiger partial charge in [0, 0.05) is 12.1 Å². The van der Waals surface area contributed by atoms with E-state index in [0.29, 0.717) is 6.10 Å². The predicted molar refractivity (Wildman–Crippen MR) is 76.5 cm³/mol. The molecule has 0 aliphatic heterocycles. The van der Waals surface area contributed by atoms with Crippen LogP contribution in [0.3, 0.4) is 0 Å². The lowest BCUT2D eigenvalue weighted by Gasteiger charge is -2.19. The molecule has 96 valence electrons. The van der Waals surface area contributed by atoms with Crippen molar-refractivity contribution in [2.75, 3.05) is 6.54 Å². The van der Waals surface area contributed by atoms with Gasteiger partial charge in [0.15, 0.2) is 0 Å². The fourth-order valence-corrected chi connectivity index (χ4v) is 2.21. The topological polar surface area (TPSA) is 21.3 Å². The van der Waals surface area contributed by atoms with Crippen molar-refractivity contribution < 1.29 is 4.74 Å². The maximum absolute atomic E-state index is 6.08. The van der Waals surface area contributed by atoms with Gasteiger partial charge in [0.2, 0.25) is 0 Å². The number of benzene rings is 1. The molecule has 17 heavy (non-hydrogen) atoms. The Hall–Kier alpha value is -0.540. The van der Waals surface area contributed by atoms with Crippen molar-refractivity contribution in [3.63, 3.8) is 0 Å². The van der Waals surface area contributed by atoms with Crippen LogP contribution >= 0.6 is 15.9 Å². The Labute approximate surface area is 113 Å². The van der Waals surface area contributed by atoms with E-state index >= 15 is 0 Å². The summed E-state index contributed by atoms with van der Waals surface area (Å²) in [6.07, 6.45) is 2.38. The molecule has 1 N–H and O–H groups in total. The molecular formula is C14H22BrNO. The summed E-state index contributed by atoms with van der Waals surface area (Å²) < 4.78 is 7.13. The minimum absolute atomic E-state index is 0.300. The third kappa shape index (κ3) is 4.32. The standard InChI is InChI=1S/C14H22BrNO/c1-4-12(5-2)17-14-11(10-16-6-3)8-7-9-13(14)15/h7-9,12,16H,4-6,10H2,1-3H3. The van der Waals surface area contributed by atoms with E-state index < -0.39 is 0 Å². The van der Waals surface area contributed by atoms with Crippen LogP contribution in [0, 0.1) is 0 Å². The van der Waals surface area contributed by atoms with E-state index in [2.05, 4.69) is 54.2 Å². The number of hydrogen-bond donors (Lipinski definition) is 1. The zero-order valence-corrected chi connectivity index (χ0v) is 12.5. The summed E-state index contributed by atoms with van der Waals surface area (Å²) >= 11 is 3.57. The average molecular weight is 300 g/mol. The number of nitrogens with one attached hydrogen (secondary N) is 1. The maximum Gasteiger partial charge on any atom is 0.138 e. The van der Waals surface area contributed by atoms with Crippen molar-refractivity contribution in [1.29, 1.82) is 0 Å². The van der Waals surface area contributed by atoms with Crippen LogP contribution in [-0.4, -0.2) is 12.6 Å². The van der Waals surface area contributed by atoms with Gasteiger partial charge < -0.3 is 10.1 Å². The molecule has 0 aliphatic rings. The van der Waals surface area contributed by atoms with Gasteiger partial charge in [-0.05, 0) is 41.4 Å². The third-order valence-corrected chi connectivity index (χ3v) is 3.43. The van der Waals surface area contributed by atoms with Gasteiger partial charge in [-0.3, -0.25) is 0 Å². The Balaban J connectivity index is 2.86. The molecule has 0 saturated heterocycles. The summed E-state index contributed by atoms with van der Waals surface area (Å²) in [4.78, 5) is 0. The molecule has 1 aromatic carbocycles. The van der Waals surface area contributed by atoms with Crippen LogP contribution in [-0.2, 0) is 6.54 Å². The number of para-hydroxylation sites is 1. The molecule has 0 amide bonds. The van der Waals surface area contributed by atoms with Gasteiger partial charge in [0.1, 0.15) is 5.75 Å². The molecule has 3 heteroatoms. The predicted octanol–water partition coefficient (Wildman–Crippen LogP) is 4.13. The van der Waals surface area contributed by atoms with Crippen molar-refractivity contribution in [3.8, 4) is 5.75 Å². The van der Waals surface area contributed by atoms with Crippen molar-refractivity contribution >= 4 is 15.9 Å². The molecule has 1 rings (SSSR count). The molecule has 0 heterocycles. The zero-order valence-electron chi connectivity index (χ0n) is 10.9. The summed E-state index contributed by atoms with van der Waals surface area (Å²) in [5, 5.41) is 3.34. The van der Waals surface area contributed by atoms with Crippen LogP contribution in [0.5, 0.6) is 5.75 Å². The Kier molecular flexibility index (Phi) is 6.60. The summed E-state index contributed by atoms with van der Waals surface area (Å²) in [6, 6.07) is 6.20. The number of ether oxygens (including phenoxy) is 1. The van der Waals surface area contributed by atoms with Crippen molar-refractivity contribution in [3.05, 3.63) is 28.2 Å². The molecule has 1 aromatic rings. The Morgan fingerprint density at radius 1 is 1.24 bits per heavy atom. The normalized spacial score (nSPS) is 10.9. The van der Waals surface area contributed by atoms with Crippen LogP contribution < -0.4 is 10.1 Å². The van der Waals surface area contributed by atoms with Crippen molar-refractivity contribution in [2.24, 2.45) is 0 Å². The Morgan fingerprint density at radius 3 is 2.53 bits per heavy atom. The summed E-state index contributed by atoms with van der Waals surface area (Å²) in [7, 11) is 0. The molecule has 0 spiro atoms. The highest BCUT2D eigenvalue weighted by Gasteiger charge is 2.12. The van der Waals surface area contributed by atoms with Crippen LogP contribution in [0.4, 0.5) is 0 Å². The van der Waals surface area contributed by atoms with Gasteiger partial charge >= 0.3 is 0 Å². The lowest BCUT2D eigenvalue weighted by atomic mass is 10.1. The molecule has 0 radical (unpaired) electrons. The molecule has 0 atom stereocenters. The van der Waals surface area contributed by atoms with Crippen LogP contribution in [0.2, 0.25) is 0 Å². The second-order valence-electron chi connectivity index (χ2n) is 4.06. The van der Waals surface area contributed by atoms with Crippen LogP contribution in [0.15, 0.2) is 22.7 Å². The van der Waals surface area contributed by atoms with Gasteiger partial charge in [0.25, 0.3) is 0 Å². The highest BCUT2D eigenvalue weighted by molar-refractivity contribution is 9.10. The first kappa shape index (κ1) is 14.5. The van der Waals surface area contributed by atoms with E-state index in [1.54, 1.807) is 0 Å². The zero-order chi connectivity index (χ0) is 12.7. The van der Waals surface area contributed by atoms with Gasteiger partial charge in [-0.25, -0.2) is 0 Å². The Morgan fingerprint density at radius 2 is 1.94 bits per heavy atom. The minimum Gasteiger partial charge on any atom is -0.489 e. The number of rotatable bonds is 7. The molecule has 0 aromatic heterocycles. The van der Waals surface area contributed by atoms with E-state index in [1.165, 1.54) is 5.56 Å². The van der Waals surface area contributed by atoms with Crippen molar-refractivity contribution in [1.82, 2.24) is 5.32 Å². The molecule has 0 bridgehead atoms. The largest absolute Gasteiger partial charge is 0.489 e. The van der Waals surface area contributed by atoms with E-state index in [9.17, 15) is 0 Å². The first-order valence-corrected chi connectivity index (χ1v) is 7.16. The first-order chi connectivity index (χ1) is 8.22. The second-order valence-corrected chi connectivity index (χ2v) is 4.92. The van der Waals surface area contributed by atoms with Crippen LogP contribution in [0.25, 0.3) is 0 Å². The maximum atomic E-state index is 6.08. The Bertz CT molecular complexity index is 337.